The average molecular weight is 311 g/mol. The second-order valence-corrected chi connectivity index (χ2v) is 8.29. The van der Waals surface area contributed by atoms with Crippen molar-refractivity contribution in [2.75, 3.05) is 7.11 Å². The zero-order valence-corrected chi connectivity index (χ0v) is 14.7. The van der Waals surface area contributed by atoms with Crippen LogP contribution in [0.2, 0.25) is 0 Å². The van der Waals surface area contributed by atoms with Crippen LogP contribution >= 0.6 is 11.3 Å². The van der Waals surface area contributed by atoms with Crippen LogP contribution in [-0.2, 0) is 16.6 Å². The molecule has 2 rings (SSSR count). The second-order valence-electron chi connectivity index (χ2n) is 7.34. The fraction of sp³-hybridized carbons (Fsp3) is 0.824. The van der Waals surface area contributed by atoms with Crippen molar-refractivity contribution < 1.29 is 4.74 Å². The number of hydrogen-bond donors (Lipinski definition) is 1. The molecule has 0 saturated heterocycles. The molecule has 2 atom stereocenters. The van der Waals surface area contributed by atoms with Crippen LogP contribution in [0.1, 0.15) is 63.6 Å². The molecule has 4 heteroatoms. The fourth-order valence-corrected chi connectivity index (χ4v) is 4.34. The number of ether oxygens (including phenoxy) is 1. The lowest BCUT2D eigenvalue weighted by Gasteiger charge is -2.32. The summed E-state index contributed by atoms with van der Waals surface area (Å²) >= 11 is 1.73. The lowest BCUT2D eigenvalue weighted by atomic mass is 9.82. The molecule has 3 nitrogen and oxygen atoms in total. The molecule has 1 aliphatic rings. The molecule has 0 amide bonds. The van der Waals surface area contributed by atoms with Crippen LogP contribution in [0.15, 0.2) is 5.38 Å². The van der Waals surface area contributed by atoms with Gasteiger partial charge in [0.15, 0.2) is 0 Å². The van der Waals surface area contributed by atoms with E-state index in [0.717, 1.165) is 11.4 Å². The number of rotatable bonds is 5. The quantitative estimate of drug-likeness (QED) is 0.897. The molecule has 1 saturated carbocycles. The monoisotopic (exact) mass is 310 g/mol. The summed E-state index contributed by atoms with van der Waals surface area (Å²) in [6.45, 7) is 6.60. The summed E-state index contributed by atoms with van der Waals surface area (Å²) < 4.78 is 5.75. The van der Waals surface area contributed by atoms with E-state index in [1.54, 1.807) is 11.3 Å². The number of methoxy groups -OCH3 is 1. The Labute approximate surface area is 133 Å². The predicted octanol–water partition coefficient (Wildman–Crippen LogP) is 3.91. The highest BCUT2D eigenvalue weighted by Crippen LogP contribution is 2.30. The maximum absolute atomic E-state index is 6.45. The molecule has 1 aromatic heterocycles. The Hall–Kier alpha value is -0.450. The van der Waals surface area contributed by atoms with Gasteiger partial charge in [0.2, 0.25) is 0 Å². The zero-order chi connectivity index (χ0) is 15.5. The van der Waals surface area contributed by atoms with Crippen molar-refractivity contribution in [2.45, 2.75) is 76.9 Å². The van der Waals surface area contributed by atoms with Crippen molar-refractivity contribution in [3.63, 3.8) is 0 Å². The van der Waals surface area contributed by atoms with E-state index in [2.05, 4.69) is 26.2 Å². The van der Waals surface area contributed by atoms with E-state index in [1.165, 1.54) is 37.8 Å². The molecule has 0 aromatic carbocycles. The Morgan fingerprint density at radius 1 is 1.33 bits per heavy atom. The summed E-state index contributed by atoms with van der Waals surface area (Å²) in [5, 5.41) is 3.31. The standard InChI is InChI=1S/C17H30N2OS/c1-17(2,3)14-11-21-15(19-14)10-13(18)16(20-4)12-8-6-5-7-9-12/h11-13,16H,5-10,18H2,1-4H3. The molecule has 0 bridgehead atoms. The van der Waals surface area contributed by atoms with Gasteiger partial charge in [-0.05, 0) is 18.8 Å². The van der Waals surface area contributed by atoms with Crippen LogP contribution < -0.4 is 5.73 Å². The molecule has 0 aliphatic heterocycles. The van der Waals surface area contributed by atoms with E-state index < -0.39 is 0 Å². The minimum Gasteiger partial charge on any atom is -0.380 e. The fourth-order valence-electron chi connectivity index (χ4n) is 3.25. The average Bonchev–Trinajstić information content (AvgIpc) is 2.89. The Kier molecular flexibility index (Phi) is 5.81. The summed E-state index contributed by atoms with van der Waals surface area (Å²) in [7, 11) is 1.81. The van der Waals surface area contributed by atoms with E-state index in [9.17, 15) is 0 Å². The largest absolute Gasteiger partial charge is 0.380 e. The predicted molar refractivity (Wildman–Crippen MR) is 89.9 cm³/mol. The van der Waals surface area contributed by atoms with Gasteiger partial charge in [0.05, 0.1) is 16.8 Å². The Morgan fingerprint density at radius 3 is 2.52 bits per heavy atom. The molecule has 0 radical (unpaired) electrons. The normalized spacial score (nSPS) is 20.4. The van der Waals surface area contributed by atoms with Gasteiger partial charge in [-0.3, -0.25) is 0 Å². The van der Waals surface area contributed by atoms with Crippen molar-refractivity contribution in [3.8, 4) is 0 Å². The summed E-state index contributed by atoms with van der Waals surface area (Å²) in [6.07, 6.45) is 7.53. The number of nitrogens with two attached hydrogens (primary N) is 1. The van der Waals surface area contributed by atoms with Crippen LogP contribution in [0.25, 0.3) is 0 Å². The van der Waals surface area contributed by atoms with Gasteiger partial charge in [-0.15, -0.1) is 11.3 Å². The maximum Gasteiger partial charge on any atom is 0.0944 e. The van der Waals surface area contributed by atoms with Gasteiger partial charge in [0, 0.05) is 30.4 Å². The van der Waals surface area contributed by atoms with Gasteiger partial charge in [-0.2, -0.15) is 0 Å². The van der Waals surface area contributed by atoms with Crippen molar-refractivity contribution in [3.05, 3.63) is 16.1 Å². The lowest BCUT2D eigenvalue weighted by Crippen LogP contribution is -2.43. The second kappa shape index (κ2) is 7.21. The Bertz CT molecular complexity index is 432. The third kappa shape index (κ3) is 4.51. The minimum absolute atomic E-state index is 0.0528. The summed E-state index contributed by atoms with van der Waals surface area (Å²) in [5.41, 5.74) is 7.73. The van der Waals surface area contributed by atoms with Crippen LogP contribution in [0.3, 0.4) is 0 Å². The van der Waals surface area contributed by atoms with E-state index in [-0.39, 0.29) is 17.6 Å². The first-order valence-corrected chi connectivity index (χ1v) is 9.03. The molecular weight excluding hydrogens is 280 g/mol. The highest BCUT2D eigenvalue weighted by Gasteiger charge is 2.29. The molecule has 120 valence electrons. The molecular formula is C17H30N2OS. The van der Waals surface area contributed by atoms with Crippen molar-refractivity contribution in [1.82, 2.24) is 4.98 Å². The number of nitrogens with zero attached hydrogens (tertiary/aromatic N) is 1. The lowest BCUT2D eigenvalue weighted by molar-refractivity contribution is 0.0178. The minimum atomic E-state index is 0.0528. The maximum atomic E-state index is 6.45. The first-order valence-electron chi connectivity index (χ1n) is 8.15. The Balaban J connectivity index is 1.98. The zero-order valence-electron chi connectivity index (χ0n) is 13.9. The number of hydrogen-bond acceptors (Lipinski definition) is 4. The molecule has 2 unspecified atom stereocenters. The first kappa shape index (κ1) is 16.9. The molecule has 1 aliphatic carbocycles. The number of thiazole rings is 1. The highest BCUT2D eigenvalue weighted by molar-refractivity contribution is 7.09. The summed E-state index contributed by atoms with van der Waals surface area (Å²) in [6, 6.07) is 0.0528. The van der Waals surface area contributed by atoms with Crippen molar-refractivity contribution >= 4 is 11.3 Å². The van der Waals surface area contributed by atoms with Crippen LogP contribution in [-0.4, -0.2) is 24.2 Å². The summed E-state index contributed by atoms with van der Waals surface area (Å²) in [5.74, 6) is 0.626. The summed E-state index contributed by atoms with van der Waals surface area (Å²) in [4.78, 5) is 4.77. The molecule has 1 fully saturated rings. The van der Waals surface area contributed by atoms with Gasteiger partial charge in [-0.25, -0.2) is 4.98 Å². The van der Waals surface area contributed by atoms with E-state index in [4.69, 9.17) is 15.5 Å². The van der Waals surface area contributed by atoms with Gasteiger partial charge < -0.3 is 10.5 Å². The first-order chi connectivity index (χ1) is 9.91. The van der Waals surface area contributed by atoms with Crippen molar-refractivity contribution in [1.29, 1.82) is 0 Å². The molecule has 2 N–H and O–H groups in total. The topological polar surface area (TPSA) is 48.1 Å². The SMILES string of the molecule is COC(C(N)Cc1nc(C(C)(C)C)cs1)C1CCCCC1. The van der Waals surface area contributed by atoms with Gasteiger partial charge in [-0.1, -0.05) is 40.0 Å². The molecule has 21 heavy (non-hydrogen) atoms. The molecule has 1 heterocycles. The smallest absolute Gasteiger partial charge is 0.0944 e. The number of aromatic nitrogens is 1. The van der Waals surface area contributed by atoms with Crippen LogP contribution in [0.5, 0.6) is 0 Å². The Morgan fingerprint density at radius 2 is 2.00 bits per heavy atom. The molecule has 0 spiro atoms. The van der Waals surface area contributed by atoms with Crippen LogP contribution in [0.4, 0.5) is 0 Å². The van der Waals surface area contributed by atoms with Gasteiger partial charge in [0.1, 0.15) is 0 Å². The molecule has 1 aromatic rings. The van der Waals surface area contributed by atoms with Crippen molar-refractivity contribution in [2.24, 2.45) is 11.7 Å². The van der Waals surface area contributed by atoms with E-state index >= 15 is 0 Å². The van der Waals surface area contributed by atoms with E-state index in [1.807, 2.05) is 7.11 Å². The third-order valence-electron chi connectivity index (χ3n) is 4.54. The third-order valence-corrected chi connectivity index (χ3v) is 5.41. The van der Waals surface area contributed by atoms with Gasteiger partial charge >= 0.3 is 0 Å². The van der Waals surface area contributed by atoms with Gasteiger partial charge in [0.25, 0.3) is 0 Å². The van der Waals surface area contributed by atoms with E-state index in [0.29, 0.717) is 5.92 Å². The highest BCUT2D eigenvalue weighted by atomic mass is 32.1. The van der Waals surface area contributed by atoms with Crippen LogP contribution in [0, 0.1) is 5.92 Å².